The van der Waals surface area contributed by atoms with Gasteiger partial charge in [0.1, 0.15) is 5.78 Å². The molecule has 2 aliphatic carbocycles. The number of carbonyl (C=O) groups is 2. The number of carboxylic acids is 1. The summed E-state index contributed by atoms with van der Waals surface area (Å²) in [5, 5.41) is 8.99. The molecule has 0 bridgehead atoms. The highest BCUT2D eigenvalue weighted by Crippen LogP contribution is 2.50. The fourth-order valence-electron chi connectivity index (χ4n) is 3.25. The van der Waals surface area contributed by atoms with Crippen LogP contribution in [0.4, 0.5) is 0 Å². The molecule has 0 saturated heterocycles. The molecule has 2 aliphatic rings. The molecule has 1 N–H and O–H groups in total. The van der Waals surface area contributed by atoms with Crippen molar-refractivity contribution in [3.8, 4) is 0 Å². The molecule has 0 heterocycles. The molecule has 0 spiro atoms. The summed E-state index contributed by atoms with van der Waals surface area (Å²) < 4.78 is 0. The average molecular weight is 210 g/mol. The van der Waals surface area contributed by atoms with Crippen molar-refractivity contribution in [2.24, 2.45) is 17.3 Å². The summed E-state index contributed by atoms with van der Waals surface area (Å²) in [6, 6.07) is 0. The molecule has 2 fully saturated rings. The third kappa shape index (κ3) is 1.80. The first kappa shape index (κ1) is 10.7. The summed E-state index contributed by atoms with van der Waals surface area (Å²) in [5.41, 5.74) is 0.0985. The number of hydrogen-bond donors (Lipinski definition) is 1. The molecule has 0 amide bonds. The van der Waals surface area contributed by atoms with E-state index in [1.165, 1.54) is 0 Å². The Morgan fingerprint density at radius 3 is 2.87 bits per heavy atom. The number of Topliss-reactive ketones (excluding diaryl/α,β-unsaturated/α-hetero) is 1. The summed E-state index contributed by atoms with van der Waals surface area (Å²) in [7, 11) is 0. The van der Waals surface area contributed by atoms with Gasteiger partial charge in [-0.2, -0.15) is 0 Å². The van der Waals surface area contributed by atoms with Crippen LogP contribution in [0.15, 0.2) is 0 Å². The van der Waals surface area contributed by atoms with Gasteiger partial charge in [-0.25, -0.2) is 0 Å². The van der Waals surface area contributed by atoms with Gasteiger partial charge in [-0.3, -0.25) is 9.59 Å². The van der Waals surface area contributed by atoms with E-state index < -0.39 is 5.97 Å². The van der Waals surface area contributed by atoms with Gasteiger partial charge in [-0.15, -0.1) is 0 Å². The molecule has 1 unspecified atom stereocenters. The summed E-state index contributed by atoms with van der Waals surface area (Å²) in [6.07, 6.45) is 4.96. The quantitative estimate of drug-likeness (QED) is 0.722. The van der Waals surface area contributed by atoms with E-state index in [2.05, 4.69) is 6.92 Å². The van der Waals surface area contributed by atoms with Crippen LogP contribution in [0.25, 0.3) is 0 Å². The Morgan fingerprint density at radius 1 is 1.47 bits per heavy atom. The van der Waals surface area contributed by atoms with Crippen molar-refractivity contribution in [3.63, 3.8) is 0 Å². The van der Waals surface area contributed by atoms with Crippen molar-refractivity contribution in [3.05, 3.63) is 0 Å². The second-order valence-corrected chi connectivity index (χ2v) is 5.34. The van der Waals surface area contributed by atoms with E-state index in [0.717, 1.165) is 25.7 Å². The van der Waals surface area contributed by atoms with E-state index in [1.807, 2.05) is 0 Å². The van der Waals surface area contributed by atoms with Crippen LogP contribution in [0, 0.1) is 17.3 Å². The molecule has 0 aromatic rings. The topological polar surface area (TPSA) is 54.4 Å². The van der Waals surface area contributed by atoms with Gasteiger partial charge >= 0.3 is 5.97 Å². The number of carbonyl (C=O) groups excluding carboxylic acids is 1. The molecule has 84 valence electrons. The van der Waals surface area contributed by atoms with Gasteiger partial charge in [0.05, 0.1) is 5.92 Å². The van der Waals surface area contributed by atoms with Crippen LogP contribution in [0.3, 0.4) is 0 Å². The molecule has 0 aromatic heterocycles. The van der Waals surface area contributed by atoms with Gasteiger partial charge in [0.25, 0.3) is 0 Å². The lowest BCUT2D eigenvalue weighted by molar-refractivity contribution is -0.147. The highest BCUT2D eigenvalue weighted by atomic mass is 16.4. The third-order valence-electron chi connectivity index (χ3n) is 4.33. The van der Waals surface area contributed by atoms with Gasteiger partial charge in [0.15, 0.2) is 0 Å². The SMILES string of the molecule is C[C@]12CCCC(=O)C1C[C@H](C(=O)O)CC2. The zero-order valence-electron chi connectivity index (χ0n) is 9.16. The highest BCUT2D eigenvalue weighted by molar-refractivity contribution is 5.83. The van der Waals surface area contributed by atoms with Crippen molar-refractivity contribution in [1.29, 1.82) is 0 Å². The van der Waals surface area contributed by atoms with Crippen LogP contribution >= 0.6 is 0 Å². The molecule has 2 rings (SSSR count). The van der Waals surface area contributed by atoms with E-state index >= 15 is 0 Å². The van der Waals surface area contributed by atoms with Crippen molar-refractivity contribution in [1.82, 2.24) is 0 Å². The molecule has 3 heteroatoms. The van der Waals surface area contributed by atoms with Gasteiger partial charge in [0.2, 0.25) is 0 Å². The summed E-state index contributed by atoms with van der Waals surface area (Å²) in [5.74, 6) is -0.698. The number of rotatable bonds is 1. The van der Waals surface area contributed by atoms with Crippen LogP contribution in [0.5, 0.6) is 0 Å². The largest absolute Gasteiger partial charge is 0.481 e. The first-order chi connectivity index (χ1) is 7.03. The van der Waals surface area contributed by atoms with Gasteiger partial charge in [-0.05, 0) is 37.5 Å². The van der Waals surface area contributed by atoms with Gasteiger partial charge in [-0.1, -0.05) is 6.92 Å². The molecular formula is C12H18O3. The average Bonchev–Trinajstić information content (AvgIpc) is 2.17. The van der Waals surface area contributed by atoms with Crippen LogP contribution in [0.2, 0.25) is 0 Å². The summed E-state index contributed by atoms with van der Waals surface area (Å²) in [6.45, 7) is 2.16. The number of ketones is 1. The lowest BCUT2D eigenvalue weighted by atomic mass is 9.58. The molecule has 2 saturated carbocycles. The number of aliphatic carboxylic acids is 1. The Hall–Kier alpha value is -0.860. The number of hydrogen-bond acceptors (Lipinski definition) is 2. The first-order valence-electron chi connectivity index (χ1n) is 5.78. The maximum atomic E-state index is 11.8. The fourth-order valence-corrected chi connectivity index (χ4v) is 3.25. The molecule has 3 nitrogen and oxygen atoms in total. The predicted octanol–water partition coefficient (Wildman–Crippen LogP) is 2.25. The summed E-state index contributed by atoms with van der Waals surface area (Å²) in [4.78, 5) is 22.7. The summed E-state index contributed by atoms with van der Waals surface area (Å²) >= 11 is 0. The zero-order chi connectivity index (χ0) is 11.1. The fraction of sp³-hybridized carbons (Fsp3) is 0.833. The van der Waals surface area contributed by atoms with E-state index in [4.69, 9.17) is 5.11 Å². The minimum absolute atomic E-state index is 0.0149. The van der Waals surface area contributed by atoms with Crippen molar-refractivity contribution in [2.45, 2.75) is 45.4 Å². The Kier molecular flexibility index (Phi) is 2.57. The predicted molar refractivity (Wildman–Crippen MR) is 55.4 cm³/mol. The smallest absolute Gasteiger partial charge is 0.306 e. The van der Waals surface area contributed by atoms with Crippen molar-refractivity contribution < 1.29 is 14.7 Å². The zero-order valence-corrected chi connectivity index (χ0v) is 9.16. The van der Waals surface area contributed by atoms with Crippen LogP contribution < -0.4 is 0 Å². The standard InChI is InChI=1S/C12H18O3/c1-12-5-2-3-10(13)9(12)7-8(4-6-12)11(14)15/h8-9H,2-7H2,1H3,(H,14,15)/t8-,9?,12-/m1/s1. The maximum absolute atomic E-state index is 11.8. The normalized spacial score (nSPS) is 41.0. The Morgan fingerprint density at radius 2 is 2.20 bits per heavy atom. The third-order valence-corrected chi connectivity index (χ3v) is 4.33. The minimum atomic E-state index is -0.726. The molecule has 0 aromatic carbocycles. The van der Waals surface area contributed by atoms with E-state index in [-0.39, 0.29) is 17.3 Å². The van der Waals surface area contributed by atoms with E-state index in [1.54, 1.807) is 0 Å². The minimum Gasteiger partial charge on any atom is -0.481 e. The second kappa shape index (κ2) is 3.62. The van der Waals surface area contributed by atoms with Crippen molar-refractivity contribution >= 4 is 11.8 Å². The first-order valence-corrected chi connectivity index (χ1v) is 5.78. The van der Waals surface area contributed by atoms with Crippen LogP contribution in [-0.4, -0.2) is 16.9 Å². The maximum Gasteiger partial charge on any atom is 0.306 e. The van der Waals surface area contributed by atoms with E-state index in [9.17, 15) is 9.59 Å². The second-order valence-electron chi connectivity index (χ2n) is 5.34. The lowest BCUT2D eigenvalue weighted by Crippen LogP contribution is -2.43. The highest BCUT2D eigenvalue weighted by Gasteiger charge is 2.46. The molecule has 3 atom stereocenters. The van der Waals surface area contributed by atoms with Gasteiger partial charge in [0, 0.05) is 12.3 Å². The monoisotopic (exact) mass is 210 g/mol. The lowest BCUT2D eigenvalue weighted by Gasteiger charge is -2.45. The van der Waals surface area contributed by atoms with Gasteiger partial charge < -0.3 is 5.11 Å². The molecular weight excluding hydrogens is 192 g/mol. The molecule has 0 aliphatic heterocycles. The van der Waals surface area contributed by atoms with Crippen LogP contribution in [0.1, 0.15) is 45.4 Å². The number of fused-ring (bicyclic) bond motifs is 1. The van der Waals surface area contributed by atoms with E-state index in [0.29, 0.717) is 18.6 Å². The number of carboxylic acid groups (broad SMARTS) is 1. The van der Waals surface area contributed by atoms with Crippen molar-refractivity contribution in [2.75, 3.05) is 0 Å². The Balaban J connectivity index is 2.16. The molecule has 0 radical (unpaired) electrons. The van der Waals surface area contributed by atoms with Crippen LogP contribution in [-0.2, 0) is 9.59 Å². The Bertz CT molecular complexity index is 297. The Labute approximate surface area is 89.9 Å². The molecule has 15 heavy (non-hydrogen) atoms.